The van der Waals surface area contributed by atoms with Crippen molar-refractivity contribution in [3.63, 3.8) is 0 Å². The number of rotatable bonds is 47. The predicted molar refractivity (Wildman–Crippen MR) is 247 cm³/mol. The molecule has 0 radical (unpaired) electrons. The van der Waals surface area contributed by atoms with E-state index in [0.717, 1.165) is 57.8 Å². The molecule has 0 aliphatic carbocycles. The molecule has 0 spiro atoms. The van der Waals surface area contributed by atoms with E-state index in [9.17, 15) is 24.2 Å². The van der Waals surface area contributed by atoms with Crippen molar-refractivity contribution < 1.29 is 47.8 Å². The van der Waals surface area contributed by atoms with Crippen LogP contribution in [0, 0.1) is 0 Å². The number of carbonyl (C=O) groups excluding carboxylic acids is 2. The zero-order valence-corrected chi connectivity index (χ0v) is 39.6. The van der Waals surface area contributed by atoms with E-state index in [1.807, 2.05) is 0 Å². The fourth-order valence-corrected chi connectivity index (χ4v) is 7.83. The van der Waals surface area contributed by atoms with Crippen LogP contribution in [0.4, 0.5) is 0 Å². The van der Waals surface area contributed by atoms with E-state index in [2.05, 4.69) is 38.2 Å². The van der Waals surface area contributed by atoms with Crippen LogP contribution in [0.5, 0.6) is 0 Å². The largest absolute Gasteiger partial charge is 0.472 e. The molecular formula is C49H93O10P. The Balaban J connectivity index is 4.16. The molecule has 0 saturated heterocycles. The van der Waals surface area contributed by atoms with E-state index in [1.54, 1.807) is 0 Å². The van der Waals surface area contributed by atoms with Crippen LogP contribution in [0.2, 0.25) is 0 Å². The molecule has 0 saturated carbocycles. The lowest BCUT2D eigenvalue weighted by Gasteiger charge is -2.20. The number of phosphoric acid groups is 1. The fourth-order valence-electron chi connectivity index (χ4n) is 7.05. The first-order valence-electron chi connectivity index (χ1n) is 24.8. The molecule has 0 aromatic heterocycles. The lowest BCUT2D eigenvalue weighted by Crippen LogP contribution is -2.29. The van der Waals surface area contributed by atoms with E-state index < -0.39 is 51.8 Å². The van der Waals surface area contributed by atoms with Gasteiger partial charge in [-0.3, -0.25) is 18.6 Å². The number of hydrogen-bond donors (Lipinski definition) is 3. The number of ether oxygens (including phenoxy) is 2. The van der Waals surface area contributed by atoms with Gasteiger partial charge in [-0.1, -0.05) is 212 Å². The molecule has 3 N–H and O–H groups in total. The maximum Gasteiger partial charge on any atom is 0.472 e. The maximum atomic E-state index is 12.7. The van der Waals surface area contributed by atoms with Crippen molar-refractivity contribution in [2.45, 2.75) is 251 Å². The molecule has 0 heterocycles. The predicted octanol–water partition coefficient (Wildman–Crippen LogP) is 13.7. The highest BCUT2D eigenvalue weighted by Crippen LogP contribution is 2.43. The van der Waals surface area contributed by atoms with Gasteiger partial charge < -0.3 is 24.6 Å². The van der Waals surface area contributed by atoms with E-state index >= 15 is 0 Å². The van der Waals surface area contributed by atoms with Gasteiger partial charge in [0.25, 0.3) is 0 Å². The zero-order valence-electron chi connectivity index (χ0n) is 38.7. The Morgan fingerprint density at radius 3 is 1.27 bits per heavy atom. The zero-order chi connectivity index (χ0) is 44.0. The van der Waals surface area contributed by atoms with Crippen LogP contribution in [0.3, 0.4) is 0 Å². The van der Waals surface area contributed by atoms with Crippen molar-refractivity contribution in [3.8, 4) is 0 Å². The Morgan fingerprint density at radius 2 is 0.850 bits per heavy atom. The smallest absolute Gasteiger partial charge is 0.462 e. The highest BCUT2D eigenvalue weighted by molar-refractivity contribution is 7.47. The summed E-state index contributed by atoms with van der Waals surface area (Å²) < 4.78 is 32.8. The van der Waals surface area contributed by atoms with E-state index in [-0.39, 0.29) is 19.4 Å². The maximum absolute atomic E-state index is 12.7. The van der Waals surface area contributed by atoms with Crippen LogP contribution < -0.4 is 0 Å². The van der Waals surface area contributed by atoms with Crippen molar-refractivity contribution >= 4 is 19.8 Å². The van der Waals surface area contributed by atoms with Gasteiger partial charge in [-0.05, 0) is 38.5 Å². The third-order valence-corrected chi connectivity index (χ3v) is 11.8. The minimum atomic E-state index is -4.62. The van der Waals surface area contributed by atoms with Gasteiger partial charge in [0, 0.05) is 12.8 Å². The molecule has 0 aromatic carbocycles. The van der Waals surface area contributed by atoms with Gasteiger partial charge in [-0.2, -0.15) is 0 Å². The summed E-state index contributed by atoms with van der Waals surface area (Å²) in [7, 11) is -4.62. The quantitative estimate of drug-likeness (QED) is 0.0233. The fraction of sp³-hybridized carbons (Fsp3) is 0.878. The van der Waals surface area contributed by atoms with Gasteiger partial charge in [-0.25, -0.2) is 4.57 Å². The normalized spacial score (nSPS) is 13.9. The molecule has 60 heavy (non-hydrogen) atoms. The van der Waals surface area contributed by atoms with Crippen LogP contribution in [0.15, 0.2) is 24.3 Å². The van der Waals surface area contributed by atoms with Gasteiger partial charge in [0.1, 0.15) is 12.7 Å². The average molecular weight is 873 g/mol. The van der Waals surface area contributed by atoms with E-state index in [1.165, 1.54) is 141 Å². The number of aliphatic hydroxyl groups excluding tert-OH is 2. The molecule has 0 rings (SSSR count). The molecule has 10 nitrogen and oxygen atoms in total. The van der Waals surface area contributed by atoms with Crippen molar-refractivity contribution in [2.24, 2.45) is 0 Å². The average Bonchev–Trinajstić information content (AvgIpc) is 3.24. The monoisotopic (exact) mass is 873 g/mol. The van der Waals surface area contributed by atoms with Crippen LogP contribution in [0.25, 0.3) is 0 Å². The van der Waals surface area contributed by atoms with Crippen molar-refractivity contribution in [1.29, 1.82) is 0 Å². The number of carbonyl (C=O) groups is 2. The Bertz CT molecular complexity index is 1050. The number of phosphoric ester groups is 1. The molecule has 354 valence electrons. The minimum absolute atomic E-state index is 0.186. The van der Waals surface area contributed by atoms with Gasteiger partial charge in [-0.15, -0.1) is 0 Å². The topological polar surface area (TPSA) is 149 Å². The molecule has 0 aliphatic rings. The standard InChI is InChI=1S/C49H93O10P/c1-3-5-7-9-11-13-15-17-19-20-21-22-23-24-25-27-29-31-33-35-37-39-41-49(53)59-47(45-58-60(54,55)57-43-46(51)42-50)44-56-48(52)40-38-36-34-32-30-28-26-18-16-14-12-10-8-6-4-2/h14,16,18,26,46-47,50-51H,3-13,15,17,19-25,27-45H2,1-2H3,(H,54,55)/b16-14+,26-18+/t46-,47+/m0/s1. The van der Waals surface area contributed by atoms with E-state index in [4.69, 9.17) is 23.6 Å². The molecule has 0 fully saturated rings. The number of esters is 2. The second kappa shape index (κ2) is 45.5. The summed E-state index contributed by atoms with van der Waals surface area (Å²) in [5.74, 6) is -0.931. The molecule has 0 aromatic rings. The molecular weight excluding hydrogens is 780 g/mol. The lowest BCUT2D eigenvalue weighted by molar-refractivity contribution is -0.161. The number of allylic oxidation sites excluding steroid dienone is 4. The van der Waals surface area contributed by atoms with Gasteiger partial charge in [0.2, 0.25) is 0 Å². The molecule has 11 heteroatoms. The highest BCUT2D eigenvalue weighted by atomic mass is 31.2. The lowest BCUT2D eigenvalue weighted by atomic mass is 10.0. The third kappa shape index (κ3) is 44.5. The Kier molecular flexibility index (Phi) is 44.3. The number of hydrogen-bond acceptors (Lipinski definition) is 9. The second-order valence-corrected chi connectivity index (χ2v) is 18.3. The summed E-state index contributed by atoms with van der Waals surface area (Å²) in [5.41, 5.74) is 0. The SMILES string of the molecule is CCCCCC/C=C/C=C/CCCCCCCC(=O)OC[C@H](COP(=O)(O)OC[C@@H](O)CO)OC(=O)CCCCCCCCCCCCCCCCCCCCCCCC. The van der Waals surface area contributed by atoms with Crippen LogP contribution in [0.1, 0.15) is 239 Å². The van der Waals surface area contributed by atoms with Crippen molar-refractivity contribution in [1.82, 2.24) is 0 Å². The summed E-state index contributed by atoms with van der Waals surface area (Å²) in [5, 5.41) is 18.4. The molecule has 3 atom stereocenters. The Labute approximate surface area is 368 Å². The van der Waals surface area contributed by atoms with E-state index in [0.29, 0.717) is 12.8 Å². The second-order valence-electron chi connectivity index (χ2n) is 16.9. The first kappa shape index (κ1) is 58.5. The molecule has 1 unspecified atom stereocenters. The summed E-state index contributed by atoms with van der Waals surface area (Å²) in [6, 6.07) is 0. The van der Waals surface area contributed by atoms with Crippen molar-refractivity contribution in [2.75, 3.05) is 26.4 Å². The summed E-state index contributed by atoms with van der Waals surface area (Å²) in [6.45, 7) is 2.39. The first-order chi connectivity index (χ1) is 29.2. The summed E-state index contributed by atoms with van der Waals surface area (Å²) in [6.07, 6.45) is 47.2. The van der Waals surface area contributed by atoms with Crippen LogP contribution in [-0.4, -0.2) is 65.7 Å². The van der Waals surface area contributed by atoms with Crippen LogP contribution in [-0.2, 0) is 32.7 Å². The van der Waals surface area contributed by atoms with Crippen molar-refractivity contribution in [3.05, 3.63) is 24.3 Å². The van der Waals surface area contributed by atoms with Gasteiger partial charge in [0.15, 0.2) is 6.10 Å². The third-order valence-electron chi connectivity index (χ3n) is 10.9. The van der Waals surface area contributed by atoms with Gasteiger partial charge in [0.05, 0.1) is 19.8 Å². The Hall–Kier alpha value is -1.55. The highest BCUT2D eigenvalue weighted by Gasteiger charge is 2.27. The molecule has 0 bridgehead atoms. The van der Waals surface area contributed by atoms with Gasteiger partial charge >= 0.3 is 19.8 Å². The summed E-state index contributed by atoms with van der Waals surface area (Å²) >= 11 is 0. The minimum Gasteiger partial charge on any atom is -0.462 e. The Morgan fingerprint density at radius 1 is 0.500 bits per heavy atom. The summed E-state index contributed by atoms with van der Waals surface area (Å²) in [4.78, 5) is 35.1. The first-order valence-corrected chi connectivity index (χ1v) is 26.3. The molecule has 0 aliphatic heterocycles. The molecule has 0 amide bonds. The number of aliphatic hydroxyl groups is 2. The number of unbranched alkanes of at least 4 members (excludes halogenated alkanes) is 30. The van der Waals surface area contributed by atoms with Crippen LogP contribution >= 0.6 is 7.82 Å².